The van der Waals surface area contributed by atoms with E-state index < -0.39 is 18.3 Å². The fourth-order valence-corrected chi connectivity index (χ4v) is 2.25. The van der Waals surface area contributed by atoms with Crippen molar-refractivity contribution in [3.8, 4) is 11.6 Å². The standard InChI is InChI=1S/C15H13F3N4O2/c1-2-22-8-21-12-13(22)19-7-20-14(12)24-11-4-9(6-23)3-10(5-11)15(16,17)18/h3-5,7-8,23H,2,6H2,1H3. The normalized spacial score (nSPS) is 11.9. The van der Waals surface area contributed by atoms with E-state index in [9.17, 15) is 13.2 Å². The number of aromatic nitrogens is 4. The molecule has 24 heavy (non-hydrogen) atoms. The average molecular weight is 338 g/mol. The largest absolute Gasteiger partial charge is 0.437 e. The number of hydrogen-bond donors (Lipinski definition) is 1. The minimum absolute atomic E-state index is 0.0513. The number of fused-ring (bicyclic) bond motifs is 1. The molecule has 1 N–H and O–H groups in total. The monoisotopic (exact) mass is 338 g/mol. The maximum Gasteiger partial charge on any atom is 0.416 e. The summed E-state index contributed by atoms with van der Waals surface area (Å²) in [5.41, 5.74) is 0.0526. The molecule has 0 bridgehead atoms. The lowest BCUT2D eigenvalue weighted by Gasteiger charge is -2.12. The molecule has 0 saturated carbocycles. The summed E-state index contributed by atoms with van der Waals surface area (Å²) in [7, 11) is 0. The van der Waals surface area contributed by atoms with Crippen molar-refractivity contribution in [3.05, 3.63) is 42.0 Å². The zero-order chi connectivity index (χ0) is 17.3. The second-order valence-electron chi connectivity index (χ2n) is 5.01. The van der Waals surface area contributed by atoms with Crippen molar-refractivity contribution in [3.63, 3.8) is 0 Å². The van der Waals surface area contributed by atoms with Gasteiger partial charge in [-0.3, -0.25) is 0 Å². The van der Waals surface area contributed by atoms with E-state index in [0.717, 1.165) is 12.1 Å². The second-order valence-corrected chi connectivity index (χ2v) is 5.01. The third kappa shape index (κ3) is 3.02. The van der Waals surface area contributed by atoms with Crippen molar-refractivity contribution < 1.29 is 23.0 Å². The number of aliphatic hydroxyl groups excluding tert-OH is 1. The van der Waals surface area contributed by atoms with E-state index in [1.54, 1.807) is 10.9 Å². The Labute approximate surface area is 134 Å². The molecule has 0 saturated heterocycles. The summed E-state index contributed by atoms with van der Waals surface area (Å²) in [6.07, 6.45) is -1.74. The molecule has 0 aliphatic rings. The van der Waals surface area contributed by atoms with Crippen molar-refractivity contribution in [2.75, 3.05) is 0 Å². The number of rotatable bonds is 4. The van der Waals surface area contributed by atoms with Crippen LogP contribution in [0.25, 0.3) is 11.2 Å². The first kappa shape index (κ1) is 16.2. The minimum Gasteiger partial charge on any atom is -0.437 e. The first-order chi connectivity index (χ1) is 11.4. The quantitative estimate of drug-likeness (QED) is 0.791. The van der Waals surface area contributed by atoms with Gasteiger partial charge < -0.3 is 14.4 Å². The number of imidazole rings is 1. The highest BCUT2D eigenvalue weighted by molar-refractivity contribution is 5.76. The van der Waals surface area contributed by atoms with Crippen LogP contribution in [-0.2, 0) is 19.3 Å². The van der Waals surface area contributed by atoms with E-state index in [1.165, 1.54) is 12.4 Å². The maximum absolute atomic E-state index is 12.9. The van der Waals surface area contributed by atoms with Gasteiger partial charge in [-0.2, -0.15) is 18.2 Å². The van der Waals surface area contributed by atoms with Crippen LogP contribution in [-0.4, -0.2) is 24.6 Å². The van der Waals surface area contributed by atoms with Gasteiger partial charge in [0.1, 0.15) is 12.1 Å². The SMILES string of the molecule is CCn1cnc2c(Oc3cc(CO)cc(C(F)(F)F)c3)ncnc21. The highest BCUT2D eigenvalue weighted by Gasteiger charge is 2.31. The van der Waals surface area contributed by atoms with Crippen LogP contribution in [0, 0.1) is 0 Å². The molecule has 126 valence electrons. The fourth-order valence-electron chi connectivity index (χ4n) is 2.25. The highest BCUT2D eigenvalue weighted by atomic mass is 19.4. The topological polar surface area (TPSA) is 73.1 Å². The van der Waals surface area contributed by atoms with E-state index in [0.29, 0.717) is 17.7 Å². The summed E-state index contributed by atoms with van der Waals surface area (Å²) in [4.78, 5) is 12.2. The van der Waals surface area contributed by atoms with Crippen LogP contribution >= 0.6 is 0 Å². The maximum atomic E-state index is 12.9. The van der Waals surface area contributed by atoms with Gasteiger partial charge in [-0.15, -0.1) is 0 Å². The van der Waals surface area contributed by atoms with Crippen LogP contribution in [0.5, 0.6) is 11.6 Å². The molecule has 3 rings (SSSR count). The molecular weight excluding hydrogens is 325 g/mol. The molecule has 2 aromatic heterocycles. The number of aryl methyl sites for hydroxylation is 1. The Balaban J connectivity index is 2.04. The van der Waals surface area contributed by atoms with Gasteiger partial charge >= 0.3 is 6.18 Å². The summed E-state index contributed by atoms with van der Waals surface area (Å²) < 4.78 is 46.1. The molecule has 0 fully saturated rings. The zero-order valence-electron chi connectivity index (χ0n) is 12.6. The zero-order valence-corrected chi connectivity index (χ0v) is 12.6. The Kier molecular flexibility index (Phi) is 4.10. The first-order valence-corrected chi connectivity index (χ1v) is 7.08. The third-order valence-corrected chi connectivity index (χ3v) is 3.40. The Bertz CT molecular complexity index is 877. The highest BCUT2D eigenvalue weighted by Crippen LogP contribution is 2.34. The van der Waals surface area contributed by atoms with E-state index in [1.807, 2.05) is 6.92 Å². The Morgan fingerprint density at radius 1 is 1.17 bits per heavy atom. The molecule has 0 aliphatic carbocycles. The van der Waals surface area contributed by atoms with Crippen molar-refractivity contribution in [2.45, 2.75) is 26.3 Å². The lowest BCUT2D eigenvalue weighted by Crippen LogP contribution is -2.06. The molecule has 1 aromatic carbocycles. The van der Waals surface area contributed by atoms with Crippen LogP contribution in [0.2, 0.25) is 0 Å². The van der Waals surface area contributed by atoms with E-state index in [4.69, 9.17) is 9.84 Å². The van der Waals surface area contributed by atoms with Gasteiger partial charge in [-0.1, -0.05) is 0 Å². The first-order valence-electron chi connectivity index (χ1n) is 7.08. The number of benzene rings is 1. The molecule has 0 spiro atoms. The predicted molar refractivity (Wildman–Crippen MR) is 78.4 cm³/mol. The molecule has 3 aromatic rings. The van der Waals surface area contributed by atoms with E-state index >= 15 is 0 Å². The molecular formula is C15H13F3N4O2. The van der Waals surface area contributed by atoms with Crippen LogP contribution in [0.1, 0.15) is 18.1 Å². The molecule has 6 nitrogen and oxygen atoms in total. The van der Waals surface area contributed by atoms with Crippen LogP contribution < -0.4 is 4.74 Å². The predicted octanol–water partition coefficient (Wildman–Crippen LogP) is 3.15. The van der Waals surface area contributed by atoms with Gasteiger partial charge in [-0.05, 0) is 30.7 Å². The second kappa shape index (κ2) is 6.08. The molecule has 0 radical (unpaired) electrons. The number of halogens is 3. The summed E-state index contributed by atoms with van der Waals surface area (Å²) in [6, 6.07) is 3.04. The number of aliphatic hydroxyl groups is 1. The van der Waals surface area contributed by atoms with Crippen LogP contribution in [0.4, 0.5) is 13.2 Å². The molecule has 2 heterocycles. The van der Waals surface area contributed by atoms with Crippen molar-refractivity contribution in [1.29, 1.82) is 0 Å². The van der Waals surface area contributed by atoms with Crippen molar-refractivity contribution in [1.82, 2.24) is 19.5 Å². The fraction of sp³-hybridized carbons (Fsp3) is 0.267. The molecule has 9 heteroatoms. The lowest BCUT2D eigenvalue weighted by atomic mass is 10.1. The van der Waals surface area contributed by atoms with Gasteiger partial charge in [0.05, 0.1) is 18.5 Å². The summed E-state index contributed by atoms with van der Waals surface area (Å²) in [5.74, 6) is -0.0321. The van der Waals surface area contributed by atoms with Gasteiger partial charge in [0.15, 0.2) is 11.2 Å². The van der Waals surface area contributed by atoms with Crippen LogP contribution in [0.3, 0.4) is 0 Å². The molecule has 0 atom stereocenters. The lowest BCUT2D eigenvalue weighted by molar-refractivity contribution is -0.137. The number of hydrogen-bond acceptors (Lipinski definition) is 5. The summed E-state index contributed by atoms with van der Waals surface area (Å²) in [5, 5.41) is 9.16. The van der Waals surface area contributed by atoms with Gasteiger partial charge in [0.25, 0.3) is 5.88 Å². The Hall–Kier alpha value is -2.68. The van der Waals surface area contributed by atoms with E-state index in [-0.39, 0.29) is 17.2 Å². The Morgan fingerprint density at radius 2 is 1.96 bits per heavy atom. The smallest absolute Gasteiger partial charge is 0.416 e. The number of nitrogens with zero attached hydrogens (tertiary/aromatic N) is 4. The van der Waals surface area contributed by atoms with Gasteiger partial charge in [0, 0.05) is 6.54 Å². The minimum atomic E-state index is -4.55. The average Bonchev–Trinajstić information content (AvgIpc) is 2.98. The van der Waals surface area contributed by atoms with Crippen molar-refractivity contribution >= 4 is 11.2 Å². The molecule has 0 aliphatic heterocycles. The van der Waals surface area contributed by atoms with Crippen molar-refractivity contribution in [2.24, 2.45) is 0 Å². The van der Waals surface area contributed by atoms with Gasteiger partial charge in [0.2, 0.25) is 0 Å². The summed E-state index contributed by atoms with van der Waals surface area (Å²) >= 11 is 0. The van der Waals surface area contributed by atoms with Gasteiger partial charge in [-0.25, -0.2) is 9.97 Å². The Morgan fingerprint density at radius 3 is 2.62 bits per heavy atom. The molecule has 0 unspecified atom stereocenters. The third-order valence-electron chi connectivity index (χ3n) is 3.40. The van der Waals surface area contributed by atoms with E-state index in [2.05, 4.69) is 15.0 Å². The summed E-state index contributed by atoms with van der Waals surface area (Å²) in [6.45, 7) is 2.00. The number of alkyl halides is 3. The van der Waals surface area contributed by atoms with Crippen LogP contribution in [0.15, 0.2) is 30.9 Å². The number of ether oxygens (including phenoxy) is 1. The molecule has 0 amide bonds.